The highest BCUT2D eigenvalue weighted by atomic mass is 16.1. The van der Waals surface area contributed by atoms with E-state index in [4.69, 9.17) is 5.73 Å². The maximum absolute atomic E-state index is 10.6. The topological polar surface area (TPSA) is 59.2 Å². The van der Waals surface area contributed by atoms with Crippen molar-refractivity contribution < 1.29 is 4.79 Å². The van der Waals surface area contributed by atoms with E-state index in [2.05, 4.69) is 9.88 Å². The van der Waals surface area contributed by atoms with Gasteiger partial charge in [0.25, 0.3) is 0 Å². The molecule has 0 atom stereocenters. The predicted octanol–water partition coefficient (Wildman–Crippen LogP) is 0.642. The van der Waals surface area contributed by atoms with Gasteiger partial charge in [-0.25, -0.2) is 0 Å². The molecular formula is C11H15N3O. The molecule has 0 aliphatic rings. The van der Waals surface area contributed by atoms with Crippen molar-refractivity contribution in [3.8, 4) is 0 Å². The lowest BCUT2D eigenvalue weighted by atomic mass is 10.2. The third-order valence-corrected chi connectivity index (χ3v) is 1.93. The molecule has 15 heavy (non-hydrogen) atoms. The fourth-order valence-electron chi connectivity index (χ4n) is 1.24. The molecule has 1 rings (SSSR count). The van der Waals surface area contributed by atoms with E-state index in [1.165, 1.54) is 6.20 Å². The van der Waals surface area contributed by atoms with Crippen LogP contribution in [-0.2, 0) is 11.3 Å². The van der Waals surface area contributed by atoms with Crippen molar-refractivity contribution >= 4 is 11.9 Å². The molecule has 1 aromatic rings. The minimum Gasteiger partial charge on any atom is -0.404 e. The zero-order chi connectivity index (χ0) is 11.3. The van der Waals surface area contributed by atoms with Crippen LogP contribution >= 0.6 is 0 Å². The van der Waals surface area contributed by atoms with Crippen LogP contribution in [0.15, 0.2) is 24.5 Å². The number of pyridine rings is 1. The maximum Gasteiger partial charge on any atom is 0.153 e. The number of allylic oxidation sites excluding steroid dienone is 1. The lowest BCUT2D eigenvalue weighted by Gasteiger charge is -2.09. The summed E-state index contributed by atoms with van der Waals surface area (Å²) < 4.78 is 0. The highest BCUT2D eigenvalue weighted by molar-refractivity contribution is 6.05. The van der Waals surface area contributed by atoms with Gasteiger partial charge in [0.05, 0.1) is 11.3 Å². The SMILES string of the molecule is CN(C)Cc1ccc(/C(C=O)=C\N)nc1. The van der Waals surface area contributed by atoms with Crippen molar-refractivity contribution in [2.24, 2.45) is 5.73 Å². The Morgan fingerprint density at radius 2 is 2.27 bits per heavy atom. The normalized spacial score (nSPS) is 11.8. The summed E-state index contributed by atoms with van der Waals surface area (Å²) in [6, 6.07) is 3.74. The molecule has 4 heteroatoms. The van der Waals surface area contributed by atoms with E-state index < -0.39 is 0 Å². The number of carbonyl (C=O) groups is 1. The smallest absolute Gasteiger partial charge is 0.153 e. The Kier molecular flexibility index (Phi) is 4.00. The number of hydrogen-bond donors (Lipinski definition) is 1. The Labute approximate surface area is 89.4 Å². The molecule has 0 radical (unpaired) electrons. The summed E-state index contributed by atoms with van der Waals surface area (Å²) in [4.78, 5) is 16.8. The number of nitrogens with two attached hydrogens (primary N) is 1. The van der Waals surface area contributed by atoms with Crippen molar-refractivity contribution in [2.45, 2.75) is 6.54 Å². The quantitative estimate of drug-likeness (QED) is 0.579. The molecule has 2 N–H and O–H groups in total. The Morgan fingerprint density at radius 1 is 1.53 bits per heavy atom. The van der Waals surface area contributed by atoms with Crippen molar-refractivity contribution in [3.63, 3.8) is 0 Å². The van der Waals surface area contributed by atoms with E-state index in [0.717, 1.165) is 12.1 Å². The van der Waals surface area contributed by atoms with Crippen LogP contribution in [0.3, 0.4) is 0 Å². The van der Waals surface area contributed by atoms with Crippen molar-refractivity contribution in [2.75, 3.05) is 14.1 Å². The third kappa shape index (κ3) is 3.18. The largest absolute Gasteiger partial charge is 0.404 e. The van der Waals surface area contributed by atoms with Gasteiger partial charge < -0.3 is 10.6 Å². The van der Waals surface area contributed by atoms with Crippen LogP contribution in [0.2, 0.25) is 0 Å². The second-order valence-electron chi connectivity index (χ2n) is 3.53. The molecule has 0 saturated heterocycles. The standard InChI is InChI=1S/C11H15N3O/c1-14(2)7-9-3-4-11(13-6-9)10(5-12)8-15/h3-6,8H,7,12H2,1-2H3/b10-5-. The van der Waals surface area contributed by atoms with Crippen LogP contribution in [0.25, 0.3) is 5.57 Å². The van der Waals surface area contributed by atoms with Crippen LogP contribution in [0, 0.1) is 0 Å². The van der Waals surface area contributed by atoms with Crippen LogP contribution in [0.5, 0.6) is 0 Å². The van der Waals surface area contributed by atoms with E-state index >= 15 is 0 Å². The zero-order valence-corrected chi connectivity index (χ0v) is 8.97. The molecule has 0 saturated carbocycles. The van der Waals surface area contributed by atoms with Gasteiger partial charge in [-0.05, 0) is 25.7 Å². The summed E-state index contributed by atoms with van der Waals surface area (Å²) >= 11 is 0. The lowest BCUT2D eigenvalue weighted by molar-refractivity contribution is -0.103. The number of rotatable bonds is 4. The minimum absolute atomic E-state index is 0.409. The summed E-state index contributed by atoms with van der Waals surface area (Å²) in [6.07, 6.45) is 3.72. The Bertz CT molecular complexity index is 355. The van der Waals surface area contributed by atoms with Gasteiger partial charge in [0.2, 0.25) is 0 Å². The highest BCUT2D eigenvalue weighted by Crippen LogP contribution is 2.09. The Balaban J connectivity index is 2.85. The minimum atomic E-state index is 0.409. The molecule has 80 valence electrons. The van der Waals surface area contributed by atoms with Gasteiger partial charge in [-0.2, -0.15) is 0 Å². The molecule has 1 aromatic heterocycles. The van der Waals surface area contributed by atoms with Crippen LogP contribution < -0.4 is 5.73 Å². The maximum atomic E-state index is 10.6. The van der Waals surface area contributed by atoms with Crippen molar-refractivity contribution in [1.82, 2.24) is 9.88 Å². The lowest BCUT2D eigenvalue weighted by Crippen LogP contribution is -2.10. The van der Waals surface area contributed by atoms with Gasteiger partial charge in [-0.1, -0.05) is 6.07 Å². The third-order valence-electron chi connectivity index (χ3n) is 1.93. The predicted molar refractivity (Wildman–Crippen MR) is 59.9 cm³/mol. The fraction of sp³-hybridized carbons (Fsp3) is 0.273. The summed E-state index contributed by atoms with van der Waals surface area (Å²) in [5.41, 5.74) is 7.41. The molecular weight excluding hydrogens is 190 g/mol. The number of nitrogens with zero attached hydrogens (tertiary/aromatic N) is 2. The molecule has 0 amide bonds. The number of carbonyl (C=O) groups excluding carboxylic acids is 1. The molecule has 4 nitrogen and oxygen atoms in total. The van der Waals surface area contributed by atoms with Gasteiger partial charge in [0.15, 0.2) is 6.29 Å². The van der Waals surface area contributed by atoms with Gasteiger partial charge in [0, 0.05) is 18.9 Å². The zero-order valence-electron chi connectivity index (χ0n) is 8.97. The van der Waals surface area contributed by atoms with Gasteiger partial charge in [-0.3, -0.25) is 9.78 Å². The first-order valence-corrected chi connectivity index (χ1v) is 4.64. The first kappa shape index (κ1) is 11.4. The molecule has 0 aromatic carbocycles. The summed E-state index contributed by atoms with van der Waals surface area (Å²) in [7, 11) is 3.98. The molecule has 0 unspecified atom stereocenters. The van der Waals surface area contributed by atoms with Gasteiger partial charge in [-0.15, -0.1) is 0 Å². The van der Waals surface area contributed by atoms with Crippen molar-refractivity contribution in [3.05, 3.63) is 35.8 Å². The monoisotopic (exact) mass is 205 g/mol. The molecule has 0 aliphatic heterocycles. The van der Waals surface area contributed by atoms with E-state index in [-0.39, 0.29) is 0 Å². The average molecular weight is 205 g/mol. The highest BCUT2D eigenvalue weighted by Gasteiger charge is 2.01. The summed E-state index contributed by atoms with van der Waals surface area (Å²) in [5, 5.41) is 0. The molecule has 0 fully saturated rings. The summed E-state index contributed by atoms with van der Waals surface area (Å²) in [5.74, 6) is 0. The van der Waals surface area contributed by atoms with Crippen LogP contribution in [0.4, 0.5) is 0 Å². The first-order chi connectivity index (χ1) is 7.17. The molecule has 0 bridgehead atoms. The van der Waals surface area contributed by atoms with Gasteiger partial charge >= 0.3 is 0 Å². The second-order valence-corrected chi connectivity index (χ2v) is 3.53. The molecule has 0 aliphatic carbocycles. The fourth-order valence-corrected chi connectivity index (χ4v) is 1.24. The Hall–Kier alpha value is -1.68. The Morgan fingerprint density at radius 3 is 2.67 bits per heavy atom. The van der Waals surface area contributed by atoms with E-state index in [1.54, 1.807) is 12.3 Å². The molecule has 0 spiro atoms. The van der Waals surface area contributed by atoms with E-state index in [1.807, 2.05) is 20.2 Å². The number of aldehydes is 1. The average Bonchev–Trinajstić information content (AvgIpc) is 2.21. The summed E-state index contributed by atoms with van der Waals surface area (Å²) in [6.45, 7) is 0.829. The van der Waals surface area contributed by atoms with Crippen LogP contribution in [0.1, 0.15) is 11.3 Å². The second kappa shape index (κ2) is 5.26. The number of aromatic nitrogens is 1. The molecule has 1 heterocycles. The van der Waals surface area contributed by atoms with Crippen molar-refractivity contribution in [1.29, 1.82) is 0 Å². The van der Waals surface area contributed by atoms with E-state index in [0.29, 0.717) is 17.6 Å². The van der Waals surface area contributed by atoms with Gasteiger partial charge in [0.1, 0.15) is 0 Å². The number of hydrogen-bond acceptors (Lipinski definition) is 4. The van der Waals surface area contributed by atoms with Crippen LogP contribution in [-0.4, -0.2) is 30.3 Å². The van der Waals surface area contributed by atoms with E-state index in [9.17, 15) is 4.79 Å². The first-order valence-electron chi connectivity index (χ1n) is 4.64.